The number of hydrogen-bond donors (Lipinski definition) is 1. The molecule has 1 aliphatic heterocycles. The van der Waals surface area contributed by atoms with Crippen LogP contribution >= 0.6 is 50.7 Å². The first-order chi connectivity index (χ1) is 17.6. The number of benzene rings is 3. The predicted molar refractivity (Wildman–Crippen MR) is 144 cm³/mol. The number of methoxy groups -OCH3 is 1. The standard InChI is InChI=1S/C27H20BrCl3F3NO2/c1-36-22-10-14(9-19(28)26(22)37-12-13-5-6-15(29)11-21(13)31)24-17-4-2-3-16(17)23-18(27(32,33)34)7-8-20(30)25(23)35-24/h2-3,5-11,16-17,24,35H,4,12H2,1H3. The van der Waals surface area contributed by atoms with Crippen molar-refractivity contribution in [3.05, 3.63) is 96.4 Å². The molecule has 194 valence electrons. The Balaban J connectivity index is 1.50. The second-order valence-corrected chi connectivity index (χ2v) is 11.0. The number of rotatable bonds is 5. The van der Waals surface area contributed by atoms with E-state index in [1.54, 1.807) is 18.2 Å². The second kappa shape index (κ2) is 10.3. The van der Waals surface area contributed by atoms with E-state index in [1.165, 1.54) is 13.2 Å². The van der Waals surface area contributed by atoms with Gasteiger partial charge in [-0.25, -0.2) is 0 Å². The third-order valence-electron chi connectivity index (χ3n) is 6.77. The third-order valence-corrected chi connectivity index (χ3v) is 8.26. The number of ether oxygens (including phenoxy) is 2. The van der Waals surface area contributed by atoms with Crippen molar-refractivity contribution in [1.29, 1.82) is 0 Å². The van der Waals surface area contributed by atoms with Crippen molar-refractivity contribution in [2.24, 2.45) is 5.92 Å². The molecule has 0 spiro atoms. The summed E-state index contributed by atoms with van der Waals surface area (Å²) in [6, 6.07) is 10.9. The lowest BCUT2D eigenvalue weighted by Crippen LogP contribution is -2.31. The summed E-state index contributed by atoms with van der Waals surface area (Å²) in [6.07, 6.45) is -0.0798. The highest BCUT2D eigenvalue weighted by Crippen LogP contribution is 2.55. The van der Waals surface area contributed by atoms with Gasteiger partial charge < -0.3 is 14.8 Å². The minimum absolute atomic E-state index is 0.136. The number of allylic oxidation sites excluding steroid dienone is 2. The molecule has 37 heavy (non-hydrogen) atoms. The summed E-state index contributed by atoms with van der Waals surface area (Å²) in [4.78, 5) is 0. The monoisotopic (exact) mass is 631 g/mol. The van der Waals surface area contributed by atoms with Crippen LogP contribution in [0, 0.1) is 5.92 Å². The number of anilines is 1. The zero-order valence-electron chi connectivity index (χ0n) is 19.3. The molecule has 10 heteroatoms. The van der Waals surface area contributed by atoms with E-state index in [2.05, 4.69) is 21.2 Å². The Labute approximate surface area is 235 Å². The van der Waals surface area contributed by atoms with Crippen LogP contribution in [0.3, 0.4) is 0 Å². The van der Waals surface area contributed by atoms with Gasteiger partial charge in [-0.15, -0.1) is 0 Å². The number of fused-ring (bicyclic) bond motifs is 3. The van der Waals surface area contributed by atoms with Crippen LogP contribution in [0.25, 0.3) is 0 Å². The summed E-state index contributed by atoms with van der Waals surface area (Å²) >= 11 is 22.3. The molecule has 2 aliphatic rings. The van der Waals surface area contributed by atoms with E-state index in [0.29, 0.717) is 38.1 Å². The van der Waals surface area contributed by atoms with Gasteiger partial charge in [0.15, 0.2) is 11.5 Å². The SMILES string of the molecule is COc1cc(C2Nc3c(Cl)ccc(C(F)(F)F)c3C3C=CCC32)cc(Br)c1OCc1ccc(Cl)cc1Cl. The molecule has 0 amide bonds. The van der Waals surface area contributed by atoms with Crippen molar-refractivity contribution in [3.8, 4) is 11.5 Å². The lowest BCUT2D eigenvalue weighted by molar-refractivity contribution is -0.138. The first-order valence-electron chi connectivity index (χ1n) is 11.4. The smallest absolute Gasteiger partial charge is 0.416 e. The highest BCUT2D eigenvalue weighted by molar-refractivity contribution is 9.10. The molecule has 1 N–H and O–H groups in total. The summed E-state index contributed by atoms with van der Waals surface area (Å²) in [5.41, 5.74) is 1.42. The first kappa shape index (κ1) is 26.5. The van der Waals surface area contributed by atoms with Crippen LogP contribution in [-0.4, -0.2) is 7.11 Å². The lowest BCUT2D eigenvalue weighted by Gasteiger charge is -2.39. The van der Waals surface area contributed by atoms with Gasteiger partial charge in [-0.2, -0.15) is 13.2 Å². The van der Waals surface area contributed by atoms with E-state index in [-0.39, 0.29) is 29.2 Å². The van der Waals surface area contributed by atoms with Gasteiger partial charge in [-0.1, -0.05) is 53.0 Å². The lowest BCUT2D eigenvalue weighted by atomic mass is 9.75. The molecule has 0 fully saturated rings. The number of hydrogen-bond acceptors (Lipinski definition) is 3. The fraction of sp³-hybridized carbons (Fsp3) is 0.259. The maximum absolute atomic E-state index is 13.9. The maximum atomic E-state index is 13.9. The fourth-order valence-corrected chi connectivity index (χ4v) is 6.36. The van der Waals surface area contributed by atoms with Crippen LogP contribution in [0.5, 0.6) is 11.5 Å². The molecule has 0 saturated carbocycles. The molecule has 3 aromatic carbocycles. The largest absolute Gasteiger partial charge is 0.493 e. The fourth-order valence-electron chi connectivity index (χ4n) is 5.10. The summed E-state index contributed by atoms with van der Waals surface area (Å²) in [5.74, 6) is 0.388. The van der Waals surface area contributed by atoms with Gasteiger partial charge in [-0.3, -0.25) is 0 Å². The van der Waals surface area contributed by atoms with Gasteiger partial charge in [0.1, 0.15) is 6.61 Å². The Kier molecular flexibility index (Phi) is 7.35. The van der Waals surface area contributed by atoms with Crippen molar-refractivity contribution in [2.45, 2.75) is 31.2 Å². The van der Waals surface area contributed by atoms with Crippen LogP contribution in [0.2, 0.25) is 15.1 Å². The Hall–Kier alpha value is -2.06. The van der Waals surface area contributed by atoms with Gasteiger partial charge in [-0.05, 0) is 75.8 Å². The Bertz CT molecular complexity index is 1400. The molecule has 0 aromatic heterocycles. The third kappa shape index (κ3) is 5.03. The average molecular weight is 634 g/mol. The van der Waals surface area contributed by atoms with Crippen LogP contribution in [0.1, 0.15) is 40.6 Å². The zero-order valence-corrected chi connectivity index (χ0v) is 23.2. The van der Waals surface area contributed by atoms with Crippen LogP contribution in [-0.2, 0) is 12.8 Å². The molecule has 3 atom stereocenters. The molecule has 1 aliphatic carbocycles. The molecule has 0 saturated heterocycles. The van der Waals surface area contributed by atoms with E-state index < -0.39 is 17.7 Å². The average Bonchev–Trinajstić information content (AvgIpc) is 3.33. The maximum Gasteiger partial charge on any atom is 0.416 e. The van der Waals surface area contributed by atoms with Gasteiger partial charge in [0.05, 0.1) is 33.9 Å². The molecule has 3 unspecified atom stereocenters. The van der Waals surface area contributed by atoms with Crippen LogP contribution in [0.4, 0.5) is 18.9 Å². The Morgan fingerprint density at radius 1 is 1.05 bits per heavy atom. The summed E-state index contributed by atoms with van der Waals surface area (Å²) in [7, 11) is 1.53. The molecule has 3 nitrogen and oxygen atoms in total. The quantitative estimate of drug-likeness (QED) is 0.284. The Morgan fingerprint density at radius 3 is 2.54 bits per heavy atom. The second-order valence-electron chi connectivity index (χ2n) is 8.92. The number of alkyl halides is 3. The summed E-state index contributed by atoms with van der Waals surface area (Å²) < 4.78 is 53.9. The van der Waals surface area contributed by atoms with Crippen molar-refractivity contribution in [2.75, 3.05) is 12.4 Å². The van der Waals surface area contributed by atoms with E-state index in [1.807, 2.05) is 24.3 Å². The van der Waals surface area contributed by atoms with Crippen LogP contribution in [0.15, 0.2) is 59.1 Å². The molecule has 1 heterocycles. The zero-order chi connectivity index (χ0) is 26.5. The van der Waals surface area contributed by atoms with Crippen molar-refractivity contribution >= 4 is 56.4 Å². The summed E-state index contributed by atoms with van der Waals surface area (Å²) in [5, 5.41) is 4.58. The van der Waals surface area contributed by atoms with E-state index in [9.17, 15) is 13.2 Å². The van der Waals surface area contributed by atoms with Gasteiger partial charge in [0.25, 0.3) is 0 Å². The molecule has 3 aromatic rings. The first-order valence-corrected chi connectivity index (χ1v) is 13.3. The highest BCUT2D eigenvalue weighted by Gasteiger charge is 2.45. The molecule has 0 bridgehead atoms. The van der Waals surface area contributed by atoms with Gasteiger partial charge in [0, 0.05) is 21.5 Å². The number of halogens is 7. The minimum Gasteiger partial charge on any atom is -0.493 e. The van der Waals surface area contributed by atoms with Gasteiger partial charge >= 0.3 is 6.18 Å². The van der Waals surface area contributed by atoms with E-state index in [0.717, 1.165) is 17.2 Å². The molecular weight excluding hydrogens is 614 g/mol. The molecule has 0 radical (unpaired) electrons. The normalized spacial score (nSPS) is 20.3. The van der Waals surface area contributed by atoms with E-state index in [4.69, 9.17) is 44.3 Å². The van der Waals surface area contributed by atoms with Crippen molar-refractivity contribution in [1.82, 2.24) is 0 Å². The Morgan fingerprint density at radius 2 is 1.84 bits per heavy atom. The minimum atomic E-state index is -4.48. The predicted octanol–water partition coefficient (Wildman–Crippen LogP) is 9.84. The van der Waals surface area contributed by atoms with Crippen LogP contribution < -0.4 is 14.8 Å². The van der Waals surface area contributed by atoms with Gasteiger partial charge in [0.2, 0.25) is 0 Å². The molecular formula is C27H20BrCl3F3NO2. The molecule has 5 rings (SSSR count). The van der Waals surface area contributed by atoms with E-state index >= 15 is 0 Å². The topological polar surface area (TPSA) is 30.5 Å². The van der Waals surface area contributed by atoms with Crippen molar-refractivity contribution < 1.29 is 22.6 Å². The summed E-state index contributed by atoms with van der Waals surface area (Å²) in [6.45, 7) is 0.184. The highest BCUT2D eigenvalue weighted by atomic mass is 79.9. The van der Waals surface area contributed by atoms with Crippen molar-refractivity contribution in [3.63, 3.8) is 0 Å². The number of nitrogens with one attached hydrogen (secondary N) is 1.